The van der Waals surface area contributed by atoms with Crippen molar-refractivity contribution in [3.63, 3.8) is 0 Å². The van der Waals surface area contributed by atoms with Gasteiger partial charge in [-0.1, -0.05) is 38.8 Å². The van der Waals surface area contributed by atoms with Crippen LogP contribution in [0.2, 0.25) is 0 Å². The van der Waals surface area contributed by atoms with Gasteiger partial charge in [-0.05, 0) is 37.0 Å². The van der Waals surface area contributed by atoms with Crippen LogP contribution in [-0.4, -0.2) is 24.0 Å². The fourth-order valence-electron chi connectivity index (χ4n) is 3.36. The second-order valence-electron chi connectivity index (χ2n) is 6.14. The van der Waals surface area contributed by atoms with Gasteiger partial charge in [-0.3, -0.25) is 4.79 Å². The van der Waals surface area contributed by atoms with Crippen LogP contribution in [-0.2, 0) is 4.79 Å². The summed E-state index contributed by atoms with van der Waals surface area (Å²) in [7, 11) is 1.67. The van der Waals surface area contributed by atoms with Gasteiger partial charge in [0.15, 0.2) is 0 Å². The van der Waals surface area contributed by atoms with Gasteiger partial charge in [-0.2, -0.15) is 0 Å². The van der Waals surface area contributed by atoms with E-state index in [0.29, 0.717) is 24.3 Å². The first-order chi connectivity index (χ1) is 10.1. The largest absolute Gasteiger partial charge is 0.497 e. The van der Waals surface area contributed by atoms with Crippen molar-refractivity contribution in [2.75, 3.05) is 7.11 Å². The molecule has 1 saturated heterocycles. The molecule has 0 N–H and O–H groups in total. The Balaban J connectivity index is 2.17. The molecule has 3 heteroatoms. The minimum Gasteiger partial charge on any atom is -0.497 e. The number of carbonyl (C=O) groups excluding carboxylic acids is 1. The molecule has 2 rings (SSSR count). The Morgan fingerprint density at radius 2 is 2.00 bits per heavy atom. The number of ether oxygens (including phenoxy) is 1. The number of amides is 1. The summed E-state index contributed by atoms with van der Waals surface area (Å²) in [5.41, 5.74) is 1.18. The summed E-state index contributed by atoms with van der Waals surface area (Å²) in [6.07, 6.45) is 4.18. The highest BCUT2D eigenvalue weighted by Gasteiger charge is 2.39. The van der Waals surface area contributed by atoms with Crippen LogP contribution in [0.15, 0.2) is 24.3 Å². The second kappa shape index (κ2) is 6.97. The Morgan fingerprint density at radius 1 is 1.33 bits per heavy atom. The van der Waals surface area contributed by atoms with E-state index in [1.165, 1.54) is 18.4 Å². The van der Waals surface area contributed by atoms with E-state index < -0.39 is 0 Å². The fourth-order valence-corrected chi connectivity index (χ4v) is 3.36. The smallest absolute Gasteiger partial charge is 0.223 e. The van der Waals surface area contributed by atoms with Gasteiger partial charge >= 0.3 is 0 Å². The molecule has 1 aliphatic heterocycles. The zero-order valence-electron chi connectivity index (χ0n) is 13.6. The summed E-state index contributed by atoms with van der Waals surface area (Å²) in [6, 6.07) is 8.59. The van der Waals surface area contributed by atoms with Gasteiger partial charge in [0.1, 0.15) is 5.75 Å². The first-order valence-corrected chi connectivity index (χ1v) is 8.03. The average molecular weight is 289 g/mol. The highest BCUT2D eigenvalue weighted by atomic mass is 16.5. The minimum atomic E-state index is 0.134. The van der Waals surface area contributed by atoms with Crippen molar-refractivity contribution in [3.05, 3.63) is 29.8 Å². The highest BCUT2D eigenvalue weighted by molar-refractivity contribution is 5.79. The van der Waals surface area contributed by atoms with Crippen LogP contribution in [0.5, 0.6) is 5.75 Å². The van der Waals surface area contributed by atoms with E-state index >= 15 is 0 Å². The third kappa shape index (κ3) is 3.39. The molecule has 1 amide bonds. The predicted molar refractivity (Wildman–Crippen MR) is 85.3 cm³/mol. The molecule has 1 heterocycles. The fraction of sp³-hybridized carbons (Fsp3) is 0.611. The molecule has 1 aromatic rings. The molecular weight excluding hydrogens is 262 g/mol. The van der Waals surface area contributed by atoms with Crippen LogP contribution in [0.1, 0.15) is 58.1 Å². The van der Waals surface area contributed by atoms with Crippen LogP contribution in [0, 0.1) is 5.92 Å². The van der Waals surface area contributed by atoms with Gasteiger partial charge < -0.3 is 9.64 Å². The Kier molecular flexibility index (Phi) is 5.27. The number of benzene rings is 1. The first-order valence-electron chi connectivity index (χ1n) is 8.03. The standard InChI is InChI=1S/C18H27NO2/c1-5-6-7-17-13(2)12-18(20)19(17)14(3)15-8-10-16(21-4)11-9-15/h8-11,13-14,17H,5-7,12H2,1-4H3/t13?,14-,17?/m0/s1. The van der Waals surface area contributed by atoms with Gasteiger partial charge in [0.05, 0.1) is 13.2 Å². The quantitative estimate of drug-likeness (QED) is 0.786. The number of rotatable bonds is 6. The molecule has 1 aliphatic rings. The van der Waals surface area contributed by atoms with Crippen molar-refractivity contribution in [1.29, 1.82) is 0 Å². The first kappa shape index (κ1) is 15.9. The van der Waals surface area contributed by atoms with E-state index in [1.807, 2.05) is 12.1 Å². The summed E-state index contributed by atoms with van der Waals surface area (Å²) in [4.78, 5) is 14.5. The van der Waals surface area contributed by atoms with E-state index in [-0.39, 0.29) is 6.04 Å². The van der Waals surface area contributed by atoms with Crippen LogP contribution >= 0.6 is 0 Å². The third-order valence-electron chi connectivity index (χ3n) is 4.67. The lowest BCUT2D eigenvalue weighted by molar-refractivity contribution is -0.131. The number of hydrogen-bond acceptors (Lipinski definition) is 2. The van der Waals surface area contributed by atoms with Gasteiger partial charge in [0, 0.05) is 12.5 Å². The lowest BCUT2D eigenvalue weighted by Gasteiger charge is -2.33. The summed E-state index contributed by atoms with van der Waals surface area (Å²) in [6.45, 7) is 6.55. The molecule has 0 bridgehead atoms. The molecule has 0 saturated carbocycles. The molecule has 0 spiro atoms. The maximum absolute atomic E-state index is 12.4. The Labute approximate surface area is 128 Å². The van der Waals surface area contributed by atoms with E-state index in [2.05, 4.69) is 37.8 Å². The van der Waals surface area contributed by atoms with Crippen LogP contribution in [0.4, 0.5) is 0 Å². The van der Waals surface area contributed by atoms with Crippen molar-refractivity contribution < 1.29 is 9.53 Å². The molecular formula is C18H27NO2. The molecule has 1 aromatic carbocycles. The normalized spacial score (nSPS) is 23.4. The molecule has 1 fully saturated rings. The van der Waals surface area contributed by atoms with E-state index in [4.69, 9.17) is 4.74 Å². The lowest BCUT2D eigenvalue weighted by atomic mass is 9.96. The minimum absolute atomic E-state index is 0.134. The molecule has 2 unspecified atom stereocenters. The predicted octanol–water partition coefficient (Wildman–Crippen LogP) is 4.18. The third-order valence-corrected chi connectivity index (χ3v) is 4.67. The second-order valence-corrected chi connectivity index (χ2v) is 6.14. The highest BCUT2D eigenvalue weighted by Crippen LogP contribution is 2.36. The number of hydrogen-bond donors (Lipinski definition) is 0. The summed E-state index contributed by atoms with van der Waals surface area (Å²) >= 11 is 0. The van der Waals surface area contributed by atoms with Crippen LogP contribution in [0.3, 0.4) is 0 Å². The van der Waals surface area contributed by atoms with Crippen molar-refractivity contribution >= 4 is 5.91 Å². The molecule has 116 valence electrons. The monoisotopic (exact) mass is 289 g/mol. The number of methoxy groups -OCH3 is 1. The molecule has 21 heavy (non-hydrogen) atoms. The Morgan fingerprint density at radius 3 is 2.57 bits per heavy atom. The van der Waals surface area contributed by atoms with Crippen LogP contribution < -0.4 is 4.74 Å². The van der Waals surface area contributed by atoms with Crippen molar-refractivity contribution in [3.8, 4) is 5.75 Å². The Bertz CT molecular complexity index is 469. The maximum Gasteiger partial charge on any atom is 0.223 e. The van der Waals surface area contributed by atoms with Gasteiger partial charge in [0.2, 0.25) is 5.91 Å². The number of nitrogens with zero attached hydrogens (tertiary/aromatic N) is 1. The van der Waals surface area contributed by atoms with Crippen LogP contribution in [0.25, 0.3) is 0 Å². The SMILES string of the molecule is CCCCC1C(C)CC(=O)N1[C@@H](C)c1ccc(OC)cc1. The number of carbonyl (C=O) groups is 1. The van der Waals surface area contributed by atoms with Gasteiger partial charge in [0.25, 0.3) is 0 Å². The van der Waals surface area contributed by atoms with Crippen molar-refractivity contribution in [2.24, 2.45) is 5.92 Å². The zero-order chi connectivity index (χ0) is 15.4. The van der Waals surface area contributed by atoms with Crippen molar-refractivity contribution in [1.82, 2.24) is 4.90 Å². The number of unbranched alkanes of at least 4 members (excludes halogenated alkanes) is 1. The summed E-state index contributed by atoms with van der Waals surface area (Å²) in [5.74, 6) is 1.62. The molecule has 0 aliphatic carbocycles. The average Bonchev–Trinajstić information content (AvgIpc) is 2.78. The van der Waals surface area contributed by atoms with Crippen molar-refractivity contribution in [2.45, 2.75) is 58.5 Å². The summed E-state index contributed by atoms with van der Waals surface area (Å²) < 4.78 is 5.21. The zero-order valence-corrected chi connectivity index (χ0v) is 13.6. The molecule has 0 aromatic heterocycles. The summed E-state index contributed by atoms with van der Waals surface area (Å²) in [5, 5.41) is 0. The van der Waals surface area contributed by atoms with E-state index in [1.54, 1.807) is 7.11 Å². The Hall–Kier alpha value is -1.51. The topological polar surface area (TPSA) is 29.5 Å². The molecule has 0 radical (unpaired) electrons. The van der Waals surface area contributed by atoms with E-state index in [9.17, 15) is 4.79 Å². The van der Waals surface area contributed by atoms with Gasteiger partial charge in [-0.25, -0.2) is 0 Å². The number of likely N-dealkylation sites (tertiary alicyclic amines) is 1. The van der Waals surface area contributed by atoms with Gasteiger partial charge in [-0.15, -0.1) is 0 Å². The molecule has 3 nitrogen and oxygen atoms in total. The maximum atomic E-state index is 12.4. The van der Waals surface area contributed by atoms with E-state index in [0.717, 1.165) is 12.2 Å². The lowest BCUT2D eigenvalue weighted by Crippen LogP contribution is -2.37. The molecule has 3 atom stereocenters.